The van der Waals surface area contributed by atoms with Crippen molar-refractivity contribution >= 4 is 0 Å². The first-order valence-corrected chi connectivity index (χ1v) is 5.41. The normalized spacial score (nSPS) is 9.27. The molecule has 0 aliphatic heterocycles. The molecule has 15 heavy (non-hydrogen) atoms. The van der Waals surface area contributed by atoms with E-state index in [1.807, 2.05) is 32.0 Å². The molecule has 0 saturated carbocycles. The van der Waals surface area contributed by atoms with Gasteiger partial charge < -0.3 is 9.47 Å². The summed E-state index contributed by atoms with van der Waals surface area (Å²) < 4.78 is 10.4. The summed E-state index contributed by atoms with van der Waals surface area (Å²) in [5.41, 5.74) is 1.21. The lowest BCUT2D eigenvalue weighted by atomic mass is 10.0. The Morgan fingerprint density at radius 1 is 1.00 bits per heavy atom. The van der Waals surface area contributed by atoms with Crippen molar-refractivity contribution in [1.29, 1.82) is 0 Å². The van der Waals surface area contributed by atoms with Crippen molar-refractivity contribution in [3.05, 3.63) is 23.8 Å². The van der Waals surface area contributed by atoms with Crippen LogP contribution in [0, 0.1) is 0 Å². The van der Waals surface area contributed by atoms with Crippen molar-refractivity contribution in [2.24, 2.45) is 0 Å². The summed E-state index contributed by atoms with van der Waals surface area (Å²) in [6, 6.07) is 5.91. The molecule has 1 aromatic carbocycles. The lowest BCUT2D eigenvalue weighted by Crippen LogP contribution is -1.94. The summed E-state index contributed by atoms with van der Waals surface area (Å²) in [6.07, 6.45) is 0. The van der Waals surface area contributed by atoms with Gasteiger partial charge in [0, 0.05) is 6.07 Å². The fourth-order valence-electron chi connectivity index (χ4n) is 1.30. The average molecular weight is 210 g/mol. The van der Waals surface area contributed by atoms with Crippen LogP contribution in [-0.2, 0) is 0 Å². The zero-order valence-electron chi connectivity index (χ0n) is 10.6. The van der Waals surface area contributed by atoms with Crippen molar-refractivity contribution in [2.45, 2.75) is 33.6 Å². The number of ether oxygens (including phenoxy) is 2. The van der Waals surface area contributed by atoms with Gasteiger partial charge in [0.1, 0.15) is 11.5 Å². The molecule has 0 saturated heterocycles. The summed E-state index contributed by atoms with van der Waals surface area (Å²) in [5.74, 6) is 2.21. The molecule has 0 spiro atoms. The van der Waals surface area contributed by atoms with Crippen LogP contribution in [0.25, 0.3) is 0 Å². The Bertz CT molecular complexity index is 280. The van der Waals surface area contributed by atoms with E-state index >= 15 is 0 Å². The van der Waals surface area contributed by atoms with Crippen LogP contribution in [0.5, 0.6) is 11.5 Å². The molecular weight excluding hydrogens is 188 g/mol. The summed E-state index contributed by atoms with van der Waals surface area (Å²) >= 11 is 0. The fourth-order valence-corrected chi connectivity index (χ4v) is 1.30. The van der Waals surface area contributed by atoms with Gasteiger partial charge in [0.05, 0.1) is 14.2 Å². The molecule has 1 aromatic rings. The van der Waals surface area contributed by atoms with Crippen LogP contribution >= 0.6 is 0 Å². The molecule has 0 bridgehead atoms. The van der Waals surface area contributed by atoms with E-state index in [1.165, 1.54) is 5.56 Å². The monoisotopic (exact) mass is 210 g/mol. The van der Waals surface area contributed by atoms with Gasteiger partial charge in [-0.25, -0.2) is 0 Å². The Morgan fingerprint density at radius 2 is 1.60 bits per heavy atom. The van der Waals surface area contributed by atoms with E-state index in [2.05, 4.69) is 13.8 Å². The van der Waals surface area contributed by atoms with Crippen LogP contribution in [0.3, 0.4) is 0 Å². The van der Waals surface area contributed by atoms with Gasteiger partial charge in [-0.1, -0.05) is 33.8 Å². The summed E-state index contributed by atoms with van der Waals surface area (Å²) in [6.45, 7) is 8.29. The molecular formula is C13H22O2. The molecule has 0 N–H and O–H groups in total. The Morgan fingerprint density at radius 3 is 2.00 bits per heavy atom. The van der Waals surface area contributed by atoms with E-state index in [-0.39, 0.29) is 0 Å². The van der Waals surface area contributed by atoms with Crippen LogP contribution in [0.2, 0.25) is 0 Å². The SMILES string of the molecule is CC.COc1ccc(C(C)C)c(OC)c1. The standard InChI is InChI=1S/C11H16O2.C2H6/c1-8(2)10-6-5-9(12-3)7-11(10)13-4;1-2/h5-8H,1-4H3;1-2H3. The van der Waals surface area contributed by atoms with Crippen molar-refractivity contribution in [1.82, 2.24) is 0 Å². The van der Waals surface area contributed by atoms with Gasteiger partial charge in [-0.05, 0) is 17.5 Å². The number of hydrogen-bond donors (Lipinski definition) is 0. The molecule has 0 aliphatic rings. The minimum atomic E-state index is 0.473. The van der Waals surface area contributed by atoms with Crippen molar-refractivity contribution in [3.63, 3.8) is 0 Å². The van der Waals surface area contributed by atoms with Crippen molar-refractivity contribution < 1.29 is 9.47 Å². The largest absolute Gasteiger partial charge is 0.497 e. The van der Waals surface area contributed by atoms with E-state index in [4.69, 9.17) is 9.47 Å². The quantitative estimate of drug-likeness (QED) is 0.754. The summed E-state index contributed by atoms with van der Waals surface area (Å²) in [5, 5.41) is 0. The summed E-state index contributed by atoms with van der Waals surface area (Å²) in [7, 11) is 3.34. The highest BCUT2D eigenvalue weighted by Crippen LogP contribution is 2.29. The highest BCUT2D eigenvalue weighted by atomic mass is 16.5. The maximum atomic E-state index is 5.27. The minimum Gasteiger partial charge on any atom is -0.497 e. The smallest absolute Gasteiger partial charge is 0.126 e. The molecule has 0 heterocycles. The van der Waals surface area contributed by atoms with E-state index in [9.17, 15) is 0 Å². The molecule has 86 valence electrons. The maximum absolute atomic E-state index is 5.27. The van der Waals surface area contributed by atoms with Crippen LogP contribution in [0.1, 0.15) is 39.2 Å². The van der Waals surface area contributed by atoms with E-state index < -0.39 is 0 Å². The zero-order valence-corrected chi connectivity index (χ0v) is 10.6. The first kappa shape index (κ1) is 13.8. The summed E-state index contributed by atoms with van der Waals surface area (Å²) in [4.78, 5) is 0. The molecule has 2 nitrogen and oxygen atoms in total. The van der Waals surface area contributed by atoms with Crippen LogP contribution in [-0.4, -0.2) is 14.2 Å². The molecule has 0 atom stereocenters. The first-order valence-electron chi connectivity index (χ1n) is 5.41. The van der Waals surface area contributed by atoms with Gasteiger partial charge in [0.2, 0.25) is 0 Å². The Kier molecular flexibility index (Phi) is 6.59. The van der Waals surface area contributed by atoms with Gasteiger partial charge in [-0.3, -0.25) is 0 Å². The van der Waals surface area contributed by atoms with E-state index in [1.54, 1.807) is 14.2 Å². The van der Waals surface area contributed by atoms with Crippen molar-refractivity contribution in [2.75, 3.05) is 14.2 Å². The predicted octanol–water partition coefficient (Wildman–Crippen LogP) is 3.85. The minimum absolute atomic E-state index is 0.473. The number of rotatable bonds is 3. The lowest BCUT2D eigenvalue weighted by Gasteiger charge is -2.12. The van der Waals surface area contributed by atoms with Gasteiger partial charge in [-0.15, -0.1) is 0 Å². The second kappa shape index (κ2) is 7.16. The Labute approximate surface area is 93.2 Å². The maximum Gasteiger partial charge on any atom is 0.126 e. The van der Waals surface area contributed by atoms with E-state index in [0.29, 0.717) is 5.92 Å². The second-order valence-electron chi connectivity index (χ2n) is 3.26. The molecule has 0 aromatic heterocycles. The van der Waals surface area contributed by atoms with E-state index in [0.717, 1.165) is 11.5 Å². The van der Waals surface area contributed by atoms with Gasteiger partial charge in [0.15, 0.2) is 0 Å². The van der Waals surface area contributed by atoms with Gasteiger partial charge >= 0.3 is 0 Å². The Hall–Kier alpha value is -1.18. The third kappa shape index (κ3) is 3.82. The Balaban J connectivity index is 0.000000921. The number of methoxy groups -OCH3 is 2. The molecule has 0 amide bonds. The fraction of sp³-hybridized carbons (Fsp3) is 0.538. The van der Waals surface area contributed by atoms with Gasteiger partial charge in [0.25, 0.3) is 0 Å². The highest BCUT2D eigenvalue weighted by molar-refractivity contribution is 5.42. The second-order valence-corrected chi connectivity index (χ2v) is 3.26. The molecule has 0 fully saturated rings. The average Bonchev–Trinajstić information content (AvgIpc) is 2.30. The zero-order chi connectivity index (χ0) is 11.8. The van der Waals surface area contributed by atoms with Gasteiger partial charge in [-0.2, -0.15) is 0 Å². The topological polar surface area (TPSA) is 18.5 Å². The number of hydrogen-bond acceptors (Lipinski definition) is 2. The molecule has 1 rings (SSSR count). The van der Waals surface area contributed by atoms with Crippen LogP contribution in [0.15, 0.2) is 18.2 Å². The van der Waals surface area contributed by atoms with Crippen molar-refractivity contribution in [3.8, 4) is 11.5 Å². The predicted molar refractivity (Wildman–Crippen MR) is 65.0 cm³/mol. The highest BCUT2D eigenvalue weighted by Gasteiger charge is 2.07. The third-order valence-corrected chi connectivity index (χ3v) is 2.06. The number of benzene rings is 1. The third-order valence-electron chi connectivity index (χ3n) is 2.06. The molecule has 2 heteroatoms. The first-order chi connectivity index (χ1) is 7.19. The van der Waals surface area contributed by atoms with Crippen LogP contribution < -0.4 is 9.47 Å². The van der Waals surface area contributed by atoms with Crippen LogP contribution in [0.4, 0.5) is 0 Å². The molecule has 0 radical (unpaired) electrons. The molecule has 0 unspecified atom stereocenters. The lowest BCUT2D eigenvalue weighted by molar-refractivity contribution is 0.389. The molecule has 0 aliphatic carbocycles.